The highest BCUT2D eigenvalue weighted by molar-refractivity contribution is 7.90. The summed E-state index contributed by atoms with van der Waals surface area (Å²) in [4.78, 5) is 14.6. The minimum Gasteiger partial charge on any atom is -0.459 e. The number of carbonyl (C=O) groups is 1. The molecule has 3 rings (SSSR count). The van der Waals surface area contributed by atoms with E-state index in [0.717, 1.165) is 12.8 Å². The third-order valence-electron chi connectivity index (χ3n) is 4.46. The molecule has 0 bridgehead atoms. The Hall–Kier alpha value is -2.08. The first kappa shape index (κ1) is 16.8. The number of amides is 1. The highest BCUT2D eigenvalue weighted by atomic mass is 32.2. The molecule has 0 N–H and O–H groups in total. The van der Waals surface area contributed by atoms with Crippen LogP contribution in [0, 0.1) is 5.92 Å². The molecule has 2 aromatic rings. The van der Waals surface area contributed by atoms with E-state index in [2.05, 4.69) is 6.92 Å². The summed E-state index contributed by atoms with van der Waals surface area (Å²) in [6, 6.07) is 9.82. The van der Waals surface area contributed by atoms with Crippen molar-refractivity contribution in [3.05, 3.63) is 54.0 Å². The van der Waals surface area contributed by atoms with Gasteiger partial charge in [-0.05, 0) is 37.0 Å². The van der Waals surface area contributed by atoms with Gasteiger partial charge in [0.25, 0.3) is 5.91 Å². The van der Waals surface area contributed by atoms with Crippen molar-refractivity contribution in [2.24, 2.45) is 5.92 Å². The fourth-order valence-corrected chi connectivity index (χ4v) is 4.28. The van der Waals surface area contributed by atoms with Crippen molar-refractivity contribution >= 4 is 15.7 Å². The number of rotatable bonds is 4. The molecule has 0 radical (unpaired) electrons. The number of likely N-dealkylation sites (tertiary alicyclic amines) is 1. The van der Waals surface area contributed by atoms with Crippen LogP contribution in [-0.2, 0) is 15.6 Å². The molecule has 1 fully saturated rings. The minimum absolute atomic E-state index is 0.143. The summed E-state index contributed by atoms with van der Waals surface area (Å²) in [6.45, 7) is 3.55. The van der Waals surface area contributed by atoms with Crippen molar-refractivity contribution in [1.29, 1.82) is 0 Å². The van der Waals surface area contributed by atoms with Crippen molar-refractivity contribution < 1.29 is 17.6 Å². The summed E-state index contributed by atoms with van der Waals surface area (Å²) in [5.41, 5.74) is 0.419. The second-order valence-corrected chi connectivity index (χ2v) is 8.31. The lowest BCUT2D eigenvalue weighted by Gasteiger charge is -2.29. The molecule has 1 amide bonds. The van der Waals surface area contributed by atoms with Crippen LogP contribution in [0.3, 0.4) is 0 Å². The molecular weight excluding hydrogens is 326 g/mol. The molecule has 128 valence electrons. The number of piperidine rings is 1. The molecule has 1 aliphatic heterocycles. The molecule has 0 aliphatic carbocycles. The van der Waals surface area contributed by atoms with Crippen LogP contribution in [0.2, 0.25) is 0 Å². The largest absolute Gasteiger partial charge is 0.459 e. The Kier molecular flexibility index (Phi) is 4.76. The average Bonchev–Trinajstić information content (AvgIpc) is 3.03. The van der Waals surface area contributed by atoms with Gasteiger partial charge in [-0.1, -0.05) is 25.1 Å². The van der Waals surface area contributed by atoms with Crippen molar-refractivity contribution in [2.75, 3.05) is 13.1 Å². The monoisotopic (exact) mass is 347 g/mol. The Morgan fingerprint density at radius 2 is 1.83 bits per heavy atom. The number of hydrogen-bond acceptors (Lipinski definition) is 4. The van der Waals surface area contributed by atoms with Crippen LogP contribution in [0.15, 0.2) is 52.0 Å². The number of benzene rings is 1. The number of carbonyl (C=O) groups excluding carboxylic acids is 1. The summed E-state index contributed by atoms with van der Waals surface area (Å²) in [5.74, 6) is 0.302. The predicted octanol–water partition coefficient (Wildman–Crippen LogP) is 3.13. The third-order valence-corrected chi connectivity index (χ3v) is 6.14. The standard InChI is InChI=1S/C18H21NO4S/c1-14-7-10-19(11-8-14)18(20)17-15(9-12-23-17)13-24(21,22)16-5-3-2-4-6-16/h2-6,9,12,14H,7-8,10-11,13H2,1H3. The maximum atomic E-state index is 12.6. The fourth-order valence-electron chi connectivity index (χ4n) is 2.91. The van der Waals surface area contributed by atoms with Gasteiger partial charge in [-0.15, -0.1) is 0 Å². The van der Waals surface area contributed by atoms with Crippen LogP contribution >= 0.6 is 0 Å². The van der Waals surface area contributed by atoms with Crippen LogP contribution in [0.5, 0.6) is 0 Å². The van der Waals surface area contributed by atoms with E-state index in [1.54, 1.807) is 41.3 Å². The van der Waals surface area contributed by atoms with E-state index in [0.29, 0.717) is 24.6 Å². The van der Waals surface area contributed by atoms with E-state index in [1.165, 1.54) is 6.26 Å². The summed E-state index contributed by atoms with van der Waals surface area (Å²) in [7, 11) is -3.51. The van der Waals surface area contributed by atoms with Crippen LogP contribution < -0.4 is 0 Å². The van der Waals surface area contributed by atoms with Gasteiger partial charge in [0, 0.05) is 18.7 Å². The normalized spacial score (nSPS) is 16.3. The highest BCUT2D eigenvalue weighted by Gasteiger charge is 2.27. The molecule has 0 unspecified atom stereocenters. The number of hydrogen-bond donors (Lipinski definition) is 0. The van der Waals surface area contributed by atoms with Gasteiger partial charge < -0.3 is 9.32 Å². The fraction of sp³-hybridized carbons (Fsp3) is 0.389. The predicted molar refractivity (Wildman–Crippen MR) is 90.3 cm³/mol. The lowest BCUT2D eigenvalue weighted by Crippen LogP contribution is -2.38. The van der Waals surface area contributed by atoms with Crippen LogP contribution in [-0.4, -0.2) is 32.3 Å². The first-order valence-electron chi connectivity index (χ1n) is 8.11. The zero-order chi connectivity index (χ0) is 17.2. The van der Waals surface area contributed by atoms with E-state index < -0.39 is 9.84 Å². The van der Waals surface area contributed by atoms with Gasteiger partial charge in [-0.2, -0.15) is 0 Å². The molecule has 1 saturated heterocycles. The maximum absolute atomic E-state index is 12.6. The molecule has 6 heteroatoms. The van der Waals surface area contributed by atoms with Crippen molar-refractivity contribution in [2.45, 2.75) is 30.4 Å². The smallest absolute Gasteiger partial charge is 0.289 e. The second kappa shape index (κ2) is 6.81. The summed E-state index contributed by atoms with van der Waals surface area (Å²) >= 11 is 0. The van der Waals surface area contributed by atoms with Crippen LogP contribution in [0.4, 0.5) is 0 Å². The minimum atomic E-state index is -3.51. The third kappa shape index (κ3) is 3.53. The van der Waals surface area contributed by atoms with E-state index in [4.69, 9.17) is 4.42 Å². The van der Waals surface area contributed by atoms with E-state index in [-0.39, 0.29) is 22.3 Å². The van der Waals surface area contributed by atoms with Gasteiger partial charge >= 0.3 is 0 Å². The molecule has 2 heterocycles. The number of furan rings is 1. The molecular formula is C18H21NO4S. The van der Waals surface area contributed by atoms with Crippen LogP contribution in [0.1, 0.15) is 35.9 Å². The topological polar surface area (TPSA) is 67.6 Å². The maximum Gasteiger partial charge on any atom is 0.289 e. The first-order chi connectivity index (χ1) is 11.5. The Morgan fingerprint density at radius 1 is 1.17 bits per heavy atom. The Labute approximate surface area is 142 Å². The summed E-state index contributed by atoms with van der Waals surface area (Å²) in [5, 5.41) is 0. The van der Waals surface area contributed by atoms with E-state index in [9.17, 15) is 13.2 Å². The molecule has 24 heavy (non-hydrogen) atoms. The molecule has 0 spiro atoms. The molecule has 1 aromatic heterocycles. The zero-order valence-corrected chi connectivity index (χ0v) is 14.5. The average molecular weight is 347 g/mol. The number of nitrogens with zero attached hydrogens (tertiary/aromatic N) is 1. The lowest BCUT2D eigenvalue weighted by atomic mass is 9.99. The molecule has 0 saturated carbocycles. The van der Waals surface area contributed by atoms with Crippen molar-refractivity contribution in [3.63, 3.8) is 0 Å². The van der Waals surface area contributed by atoms with Gasteiger partial charge in [0.1, 0.15) is 0 Å². The van der Waals surface area contributed by atoms with Crippen molar-refractivity contribution in [3.8, 4) is 0 Å². The van der Waals surface area contributed by atoms with Gasteiger partial charge in [-0.25, -0.2) is 8.42 Å². The lowest BCUT2D eigenvalue weighted by molar-refractivity contribution is 0.0664. The zero-order valence-electron chi connectivity index (χ0n) is 13.6. The van der Waals surface area contributed by atoms with Gasteiger partial charge in [0.2, 0.25) is 0 Å². The Bertz CT molecular complexity index is 803. The van der Waals surface area contributed by atoms with Gasteiger partial charge in [0.05, 0.1) is 16.9 Å². The van der Waals surface area contributed by atoms with E-state index >= 15 is 0 Å². The van der Waals surface area contributed by atoms with Gasteiger partial charge in [-0.3, -0.25) is 4.79 Å². The first-order valence-corrected chi connectivity index (χ1v) is 9.76. The van der Waals surface area contributed by atoms with Crippen molar-refractivity contribution in [1.82, 2.24) is 4.90 Å². The van der Waals surface area contributed by atoms with Crippen LogP contribution in [0.25, 0.3) is 0 Å². The highest BCUT2D eigenvalue weighted by Crippen LogP contribution is 2.23. The SMILES string of the molecule is CC1CCN(C(=O)c2occc2CS(=O)(=O)c2ccccc2)CC1. The molecule has 0 atom stereocenters. The quantitative estimate of drug-likeness (QED) is 0.852. The molecule has 1 aromatic carbocycles. The van der Waals surface area contributed by atoms with Gasteiger partial charge in [0.15, 0.2) is 15.6 Å². The Balaban J connectivity index is 1.79. The molecule has 1 aliphatic rings. The van der Waals surface area contributed by atoms with E-state index in [1.807, 2.05) is 0 Å². The Morgan fingerprint density at radius 3 is 2.50 bits per heavy atom. The number of sulfone groups is 1. The summed E-state index contributed by atoms with van der Waals surface area (Å²) in [6.07, 6.45) is 3.31. The second-order valence-electron chi connectivity index (χ2n) is 6.32. The summed E-state index contributed by atoms with van der Waals surface area (Å²) < 4.78 is 30.4. The molecule has 5 nitrogen and oxygen atoms in total.